The van der Waals surface area contributed by atoms with E-state index in [9.17, 15) is 9.59 Å². The molecule has 0 N–H and O–H groups in total. The van der Waals surface area contributed by atoms with Crippen molar-refractivity contribution in [2.75, 3.05) is 11.4 Å². The van der Waals surface area contributed by atoms with Crippen molar-refractivity contribution in [2.24, 2.45) is 0 Å². The number of carbonyl (C=O) groups is 2. The Morgan fingerprint density at radius 1 is 0.846 bits per heavy atom. The highest BCUT2D eigenvalue weighted by atomic mass is 16.2. The van der Waals surface area contributed by atoms with Crippen LogP contribution in [0.3, 0.4) is 0 Å². The summed E-state index contributed by atoms with van der Waals surface area (Å²) in [6, 6.07) is 27.7. The molecule has 2 heterocycles. The molecular formula is C34H37N3O2. The molecule has 1 atom stereocenters. The van der Waals surface area contributed by atoms with Crippen molar-refractivity contribution < 1.29 is 9.59 Å². The van der Waals surface area contributed by atoms with Crippen LogP contribution in [0.25, 0.3) is 5.69 Å². The van der Waals surface area contributed by atoms with Crippen LogP contribution in [-0.4, -0.2) is 33.9 Å². The Bertz CT molecular complexity index is 1490. The summed E-state index contributed by atoms with van der Waals surface area (Å²) >= 11 is 0. The van der Waals surface area contributed by atoms with Gasteiger partial charge in [-0.25, -0.2) is 0 Å². The van der Waals surface area contributed by atoms with Crippen LogP contribution >= 0.6 is 0 Å². The van der Waals surface area contributed by atoms with E-state index >= 15 is 0 Å². The number of hydrogen-bond donors (Lipinski definition) is 0. The Labute approximate surface area is 231 Å². The van der Waals surface area contributed by atoms with E-state index in [-0.39, 0.29) is 35.9 Å². The third-order valence-electron chi connectivity index (χ3n) is 7.57. The third-order valence-corrected chi connectivity index (χ3v) is 7.57. The zero-order valence-electron chi connectivity index (χ0n) is 23.7. The number of amides is 2. The predicted octanol–water partition coefficient (Wildman–Crippen LogP) is 7.07. The van der Waals surface area contributed by atoms with Gasteiger partial charge in [-0.15, -0.1) is 0 Å². The molecule has 39 heavy (non-hydrogen) atoms. The Morgan fingerprint density at radius 2 is 1.49 bits per heavy atom. The highest BCUT2D eigenvalue weighted by molar-refractivity contribution is 6.02. The fourth-order valence-corrected chi connectivity index (χ4v) is 5.32. The molecule has 0 fully saturated rings. The maximum Gasteiger partial charge on any atom is 0.254 e. The summed E-state index contributed by atoms with van der Waals surface area (Å²) in [5.41, 5.74) is 6.76. The Balaban J connectivity index is 1.52. The SMILES string of the molecule is Cc1ccc(C2c3cccn3-c3ccccc3N2C(=O)CN(C(=O)c2ccc(C(C)(C)C)cc2)C(C)C)cc1. The minimum Gasteiger partial charge on any atom is -0.327 e. The first-order chi connectivity index (χ1) is 18.6. The number of fused-ring (bicyclic) bond motifs is 3. The van der Waals surface area contributed by atoms with Crippen molar-refractivity contribution >= 4 is 17.5 Å². The third kappa shape index (κ3) is 5.01. The summed E-state index contributed by atoms with van der Waals surface area (Å²) in [4.78, 5) is 31.6. The minimum atomic E-state index is -0.307. The molecule has 5 heteroatoms. The molecule has 0 aliphatic carbocycles. The van der Waals surface area contributed by atoms with Crippen molar-refractivity contribution in [3.8, 4) is 5.69 Å². The Kier molecular flexibility index (Phi) is 6.94. The zero-order chi connectivity index (χ0) is 27.9. The van der Waals surface area contributed by atoms with E-state index in [4.69, 9.17) is 0 Å². The summed E-state index contributed by atoms with van der Waals surface area (Å²) in [6.45, 7) is 12.4. The van der Waals surface area contributed by atoms with Gasteiger partial charge in [0.2, 0.25) is 5.91 Å². The molecule has 3 aromatic carbocycles. The van der Waals surface area contributed by atoms with Gasteiger partial charge in [-0.2, -0.15) is 0 Å². The second-order valence-electron chi connectivity index (χ2n) is 11.7. The van der Waals surface area contributed by atoms with E-state index in [0.717, 1.165) is 28.2 Å². The van der Waals surface area contributed by atoms with E-state index in [1.54, 1.807) is 4.90 Å². The number of aryl methyl sites for hydroxylation is 1. The number of carbonyl (C=O) groups excluding carboxylic acids is 2. The number of nitrogens with zero attached hydrogens (tertiary/aromatic N) is 3. The molecule has 1 aromatic heterocycles. The average Bonchev–Trinajstić information content (AvgIpc) is 3.40. The van der Waals surface area contributed by atoms with Crippen LogP contribution in [-0.2, 0) is 10.2 Å². The van der Waals surface area contributed by atoms with Crippen molar-refractivity contribution in [3.05, 3.63) is 119 Å². The number of anilines is 1. The lowest BCUT2D eigenvalue weighted by molar-refractivity contribution is -0.120. The summed E-state index contributed by atoms with van der Waals surface area (Å²) in [5, 5.41) is 0. The number of rotatable bonds is 5. The van der Waals surface area contributed by atoms with Crippen LogP contribution in [0.5, 0.6) is 0 Å². The van der Waals surface area contributed by atoms with Gasteiger partial charge < -0.3 is 9.47 Å². The molecule has 0 bridgehead atoms. The molecule has 1 aliphatic rings. The van der Waals surface area contributed by atoms with Crippen LogP contribution in [0.15, 0.2) is 91.1 Å². The zero-order valence-corrected chi connectivity index (χ0v) is 23.7. The molecule has 5 rings (SSSR count). The van der Waals surface area contributed by atoms with Crippen LogP contribution in [0, 0.1) is 6.92 Å². The van der Waals surface area contributed by atoms with Gasteiger partial charge in [0, 0.05) is 17.8 Å². The first-order valence-corrected chi connectivity index (χ1v) is 13.6. The summed E-state index contributed by atoms with van der Waals surface area (Å²) in [7, 11) is 0. The topological polar surface area (TPSA) is 45.6 Å². The Morgan fingerprint density at radius 3 is 2.10 bits per heavy atom. The van der Waals surface area contributed by atoms with E-state index in [1.807, 2.05) is 79.5 Å². The maximum atomic E-state index is 14.3. The standard InChI is InChI=1S/C34H37N3O2/c1-23(2)36(33(39)26-17-19-27(20-18-26)34(4,5)6)22-31(38)37-29-11-8-7-10-28(29)35-21-9-12-30(35)32(37)25-15-13-24(3)14-16-25/h7-21,23,32H,22H2,1-6H3. The van der Waals surface area contributed by atoms with Crippen LogP contribution < -0.4 is 4.90 Å². The summed E-state index contributed by atoms with van der Waals surface area (Å²) in [5.74, 6) is -0.256. The van der Waals surface area contributed by atoms with Gasteiger partial charge >= 0.3 is 0 Å². The van der Waals surface area contributed by atoms with Gasteiger partial charge in [-0.05, 0) is 73.7 Å². The molecule has 0 radical (unpaired) electrons. The highest BCUT2D eigenvalue weighted by Crippen LogP contribution is 2.42. The average molecular weight is 520 g/mol. The first-order valence-electron chi connectivity index (χ1n) is 13.6. The predicted molar refractivity (Wildman–Crippen MR) is 158 cm³/mol. The van der Waals surface area contributed by atoms with Crippen LogP contribution in [0.1, 0.15) is 73.4 Å². The number of para-hydroxylation sites is 2. The van der Waals surface area contributed by atoms with E-state index in [2.05, 4.69) is 62.6 Å². The first kappa shape index (κ1) is 26.5. The van der Waals surface area contributed by atoms with Crippen molar-refractivity contribution in [2.45, 2.75) is 59.0 Å². The lowest BCUT2D eigenvalue weighted by Gasteiger charge is -2.40. The second-order valence-corrected chi connectivity index (χ2v) is 11.7. The van der Waals surface area contributed by atoms with Gasteiger partial charge in [-0.3, -0.25) is 14.5 Å². The quantitative estimate of drug-likeness (QED) is 0.283. The molecule has 4 aromatic rings. The molecule has 1 aliphatic heterocycles. The van der Waals surface area contributed by atoms with Crippen molar-refractivity contribution in [1.82, 2.24) is 9.47 Å². The molecule has 0 saturated carbocycles. The van der Waals surface area contributed by atoms with E-state index in [1.165, 1.54) is 5.56 Å². The fraction of sp³-hybridized carbons (Fsp3) is 0.294. The summed E-state index contributed by atoms with van der Waals surface area (Å²) in [6.07, 6.45) is 2.04. The molecular weight excluding hydrogens is 482 g/mol. The van der Waals surface area contributed by atoms with Crippen molar-refractivity contribution in [1.29, 1.82) is 0 Å². The lowest BCUT2D eigenvalue weighted by Crippen LogP contribution is -2.48. The largest absolute Gasteiger partial charge is 0.327 e. The van der Waals surface area contributed by atoms with Gasteiger partial charge in [0.1, 0.15) is 12.6 Å². The number of benzene rings is 3. The second kappa shape index (κ2) is 10.2. The number of aromatic nitrogens is 1. The van der Waals surface area contributed by atoms with Crippen LogP contribution in [0.4, 0.5) is 5.69 Å². The molecule has 0 saturated heterocycles. The fourth-order valence-electron chi connectivity index (χ4n) is 5.32. The highest BCUT2D eigenvalue weighted by Gasteiger charge is 2.37. The molecule has 200 valence electrons. The monoisotopic (exact) mass is 519 g/mol. The lowest BCUT2D eigenvalue weighted by atomic mass is 9.86. The minimum absolute atomic E-state index is 0.000411. The molecule has 0 spiro atoms. The van der Waals surface area contributed by atoms with Gasteiger partial charge in [0.15, 0.2) is 0 Å². The molecule has 1 unspecified atom stereocenters. The van der Waals surface area contributed by atoms with Gasteiger partial charge in [0.25, 0.3) is 5.91 Å². The maximum absolute atomic E-state index is 14.3. The van der Waals surface area contributed by atoms with Gasteiger partial charge in [0.05, 0.1) is 17.1 Å². The van der Waals surface area contributed by atoms with E-state index in [0.29, 0.717) is 5.56 Å². The van der Waals surface area contributed by atoms with Crippen LogP contribution in [0.2, 0.25) is 0 Å². The molecule has 2 amide bonds. The smallest absolute Gasteiger partial charge is 0.254 e. The summed E-state index contributed by atoms with van der Waals surface area (Å²) < 4.78 is 2.16. The van der Waals surface area contributed by atoms with Crippen molar-refractivity contribution in [3.63, 3.8) is 0 Å². The van der Waals surface area contributed by atoms with Gasteiger partial charge in [-0.1, -0.05) is 74.9 Å². The normalized spacial score (nSPS) is 14.6. The number of hydrogen-bond acceptors (Lipinski definition) is 2. The Hall–Kier alpha value is -4.12. The molecule has 5 nitrogen and oxygen atoms in total. The van der Waals surface area contributed by atoms with E-state index < -0.39 is 0 Å².